The lowest BCUT2D eigenvalue weighted by molar-refractivity contribution is -0.147. The second kappa shape index (κ2) is 4.25. The Kier molecular flexibility index (Phi) is 2.73. The van der Waals surface area contributed by atoms with E-state index in [2.05, 4.69) is 0 Å². The van der Waals surface area contributed by atoms with E-state index in [9.17, 15) is 14.7 Å². The Morgan fingerprint density at radius 2 is 2.14 bits per heavy atom. The normalized spacial score (nSPS) is 23.2. The van der Waals surface area contributed by atoms with Gasteiger partial charge in [0.15, 0.2) is 5.70 Å². The van der Waals surface area contributed by atoms with Gasteiger partial charge >= 0.3 is 5.97 Å². The predicted octanol–water partition coefficient (Wildman–Crippen LogP) is 2.20. The van der Waals surface area contributed by atoms with Gasteiger partial charge in [-0.15, -0.1) is 0 Å². The topological polar surface area (TPSA) is 80.0 Å². The summed E-state index contributed by atoms with van der Waals surface area (Å²) in [7, 11) is 0. The first-order chi connectivity index (χ1) is 9.80. The minimum Gasteiger partial charge on any atom is -0.476 e. The third-order valence-electron chi connectivity index (χ3n) is 3.40. The van der Waals surface area contributed by atoms with Crippen molar-refractivity contribution in [2.24, 2.45) is 5.41 Å². The first-order valence-electron chi connectivity index (χ1n) is 6.53. The van der Waals surface area contributed by atoms with Gasteiger partial charge in [0.1, 0.15) is 5.76 Å². The number of ether oxygens (including phenoxy) is 1. The van der Waals surface area contributed by atoms with E-state index in [1.165, 1.54) is 17.4 Å². The van der Waals surface area contributed by atoms with Crippen molar-refractivity contribution in [3.63, 3.8) is 0 Å². The van der Waals surface area contributed by atoms with Gasteiger partial charge in [0, 0.05) is 11.0 Å². The van der Waals surface area contributed by atoms with Crippen LogP contribution in [-0.4, -0.2) is 28.1 Å². The molecule has 2 aliphatic heterocycles. The SMILES string of the molecule is CC(C)(C)C1=C(C(=O)O)N2C(=O)/C(=C\c3ccoc3)C2O1. The van der Waals surface area contributed by atoms with E-state index in [1.807, 2.05) is 20.8 Å². The number of carboxylic acid groups (broad SMARTS) is 1. The third-order valence-corrected chi connectivity index (χ3v) is 3.40. The van der Waals surface area contributed by atoms with Gasteiger partial charge in [-0.05, 0) is 12.1 Å². The van der Waals surface area contributed by atoms with E-state index < -0.39 is 17.6 Å². The highest BCUT2D eigenvalue weighted by Gasteiger charge is 2.55. The van der Waals surface area contributed by atoms with E-state index >= 15 is 0 Å². The average Bonchev–Trinajstić information content (AvgIpc) is 3.00. The number of aliphatic carboxylic acids is 1. The average molecular weight is 289 g/mol. The summed E-state index contributed by atoms with van der Waals surface area (Å²) in [6.45, 7) is 5.54. The van der Waals surface area contributed by atoms with Crippen LogP contribution in [-0.2, 0) is 14.3 Å². The number of hydrogen-bond acceptors (Lipinski definition) is 4. The van der Waals surface area contributed by atoms with E-state index in [0.717, 1.165) is 5.56 Å². The number of allylic oxidation sites excluding steroid dienone is 1. The Hall–Kier alpha value is -2.50. The van der Waals surface area contributed by atoms with Crippen molar-refractivity contribution in [2.45, 2.75) is 27.0 Å². The molecular weight excluding hydrogens is 274 g/mol. The summed E-state index contributed by atoms with van der Waals surface area (Å²) in [5.41, 5.74) is 0.602. The van der Waals surface area contributed by atoms with Crippen molar-refractivity contribution in [1.82, 2.24) is 4.90 Å². The maximum Gasteiger partial charge on any atom is 0.356 e. The molecule has 0 radical (unpaired) electrons. The summed E-state index contributed by atoms with van der Waals surface area (Å²) in [6.07, 6.45) is 4.00. The van der Waals surface area contributed by atoms with Gasteiger partial charge in [0.05, 0.1) is 18.1 Å². The minimum absolute atomic E-state index is 0.0677. The molecule has 1 unspecified atom stereocenters. The molecule has 1 saturated heterocycles. The van der Waals surface area contributed by atoms with Gasteiger partial charge < -0.3 is 14.3 Å². The summed E-state index contributed by atoms with van der Waals surface area (Å²) in [5, 5.41) is 9.36. The molecule has 1 fully saturated rings. The second-order valence-corrected chi connectivity index (χ2v) is 6.03. The molecule has 2 aliphatic rings. The van der Waals surface area contributed by atoms with Crippen LogP contribution in [0.4, 0.5) is 0 Å². The van der Waals surface area contributed by atoms with Crippen molar-refractivity contribution in [1.29, 1.82) is 0 Å². The minimum atomic E-state index is -1.15. The third kappa shape index (κ3) is 1.94. The van der Waals surface area contributed by atoms with E-state index in [1.54, 1.807) is 12.1 Å². The highest BCUT2D eigenvalue weighted by molar-refractivity contribution is 6.10. The molecule has 21 heavy (non-hydrogen) atoms. The standard InChI is InChI=1S/C15H15NO5/c1-15(2,3)11-10(14(18)19)16-12(17)9(13(16)21-11)6-8-4-5-20-7-8/h4-7,13H,1-3H3,(H,18,19)/b9-6+. The quantitative estimate of drug-likeness (QED) is 0.667. The van der Waals surface area contributed by atoms with E-state index in [-0.39, 0.29) is 11.6 Å². The molecule has 1 aromatic rings. The lowest BCUT2D eigenvalue weighted by Crippen LogP contribution is -2.52. The Morgan fingerprint density at radius 1 is 1.43 bits per heavy atom. The Balaban J connectivity index is 1.98. The molecule has 3 heterocycles. The molecule has 1 atom stereocenters. The van der Waals surface area contributed by atoms with Crippen LogP contribution >= 0.6 is 0 Å². The smallest absolute Gasteiger partial charge is 0.356 e. The molecule has 110 valence electrons. The molecule has 1 amide bonds. The van der Waals surface area contributed by atoms with Crippen LogP contribution in [0.3, 0.4) is 0 Å². The lowest BCUT2D eigenvalue weighted by atomic mass is 9.92. The summed E-state index contributed by atoms with van der Waals surface area (Å²) in [5.74, 6) is -1.18. The summed E-state index contributed by atoms with van der Waals surface area (Å²) >= 11 is 0. The van der Waals surface area contributed by atoms with E-state index in [4.69, 9.17) is 9.15 Å². The lowest BCUT2D eigenvalue weighted by Gasteiger charge is -2.35. The molecule has 3 rings (SSSR count). The predicted molar refractivity (Wildman–Crippen MR) is 72.5 cm³/mol. The molecule has 0 spiro atoms. The monoisotopic (exact) mass is 289 g/mol. The molecule has 0 saturated carbocycles. The fourth-order valence-electron chi connectivity index (χ4n) is 2.44. The maximum absolute atomic E-state index is 12.2. The Morgan fingerprint density at radius 3 is 2.67 bits per heavy atom. The number of furan rings is 1. The highest BCUT2D eigenvalue weighted by atomic mass is 16.5. The van der Waals surface area contributed by atoms with Crippen LogP contribution in [0.2, 0.25) is 0 Å². The Labute approximate surface area is 121 Å². The fraction of sp³-hybridized carbons (Fsp3) is 0.333. The van der Waals surface area contributed by atoms with Gasteiger partial charge in [-0.25, -0.2) is 4.79 Å². The molecule has 1 N–H and O–H groups in total. The first kappa shape index (κ1) is 13.5. The molecule has 0 bridgehead atoms. The number of rotatable bonds is 2. The second-order valence-electron chi connectivity index (χ2n) is 6.03. The number of β-lactam (4-membered cyclic amide) rings is 1. The first-order valence-corrected chi connectivity index (χ1v) is 6.53. The van der Waals surface area contributed by atoms with Gasteiger partial charge in [-0.3, -0.25) is 9.69 Å². The molecular formula is C15H15NO5. The largest absolute Gasteiger partial charge is 0.476 e. The number of hydrogen-bond donors (Lipinski definition) is 1. The van der Waals surface area contributed by atoms with Crippen LogP contribution in [0.25, 0.3) is 6.08 Å². The maximum atomic E-state index is 12.2. The van der Waals surface area contributed by atoms with Crippen molar-refractivity contribution in [3.05, 3.63) is 41.2 Å². The summed E-state index contributed by atoms with van der Waals surface area (Å²) in [6, 6.07) is 1.72. The van der Waals surface area contributed by atoms with Gasteiger partial charge in [0.2, 0.25) is 6.23 Å². The van der Waals surface area contributed by atoms with Crippen LogP contribution < -0.4 is 0 Å². The van der Waals surface area contributed by atoms with E-state index in [0.29, 0.717) is 11.3 Å². The number of carboxylic acids is 1. The number of fused-ring (bicyclic) bond motifs is 1. The molecule has 6 heteroatoms. The molecule has 6 nitrogen and oxygen atoms in total. The van der Waals surface area contributed by atoms with Crippen molar-refractivity contribution in [3.8, 4) is 0 Å². The van der Waals surface area contributed by atoms with Gasteiger partial charge in [-0.1, -0.05) is 20.8 Å². The zero-order valence-electron chi connectivity index (χ0n) is 11.9. The number of amides is 1. The summed E-state index contributed by atoms with van der Waals surface area (Å²) < 4.78 is 10.7. The fourth-order valence-corrected chi connectivity index (χ4v) is 2.44. The molecule has 1 aromatic heterocycles. The molecule has 0 aromatic carbocycles. The van der Waals surface area contributed by atoms with Crippen molar-refractivity contribution >= 4 is 18.0 Å². The highest BCUT2D eigenvalue weighted by Crippen LogP contribution is 2.46. The number of carbonyl (C=O) groups excluding carboxylic acids is 1. The number of carbonyl (C=O) groups is 2. The van der Waals surface area contributed by atoms with Crippen molar-refractivity contribution in [2.75, 3.05) is 0 Å². The summed E-state index contributed by atoms with van der Waals surface area (Å²) in [4.78, 5) is 24.8. The number of nitrogens with zero attached hydrogens (tertiary/aromatic N) is 1. The zero-order valence-corrected chi connectivity index (χ0v) is 11.9. The van der Waals surface area contributed by atoms with Gasteiger partial charge in [-0.2, -0.15) is 0 Å². The van der Waals surface area contributed by atoms with Crippen LogP contribution in [0.1, 0.15) is 26.3 Å². The molecule has 0 aliphatic carbocycles. The van der Waals surface area contributed by atoms with Gasteiger partial charge in [0.25, 0.3) is 5.91 Å². The van der Waals surface area contributed by atoms with Crippen LogP contribution in [0.15, 0.2) is 40.0 Å². The van der Waals surface area contributed by atoms with Crippen molar-refractivity contribution < 1.29 is 23.8 Å². The Bertz CT molecular complexity index is 675. The van der Waals surface area contributed by atoms with Crippen LogP contribution in [0, 0.1) is 5.41 Å². The zero-order chi connectivity index (χ0) is 15.4. The van der Waals surface area contributed by atoms with Crippen LogP contribution in [0.5, 0.6) is 0 Å².